The van der Waals surface area contributed by atoms with Crippen molar-refractivity contribution in [2.24, 2.45) is 0 Å². The summed E-state index contributed by atoms with van der Waals surface area (Å²) < 4.78 is 4.82. The van der Waals surface area contributed by atoms with Crippen molar-refractivity contribution in [3.05, 3.63) is 0 Å². The van der Waals surface area contributed by atoms with Gasteiger partial charge in [-0.1, -0.05) is 0 Å². The van der Waals surface area contributed by atoms with Crippen molar-refractivity contribution in [1.82, 2.24) is 0 Å². The van der Waals surface area contributed by atoms with Gasteiger partial charge in [-0.2, -0.15) is 0 Å². The van der Waals surface area contributed by atoms with Gasteiger partial charge < -0.3 is 0 Å². The van der Waals surface area contributed by atoms with E-state index >= 15 is 0 Å². The van der Waals surface area contributed by atoms with Gasteiger partial charge in [-0.05, 0) is 0 Å². The van der Waals surface area contributed by atoms with E-state index in [4.69, 9.17) is 0 Å². The fourth-order valence-corrected chi connectivity index (χ4v) is 5.60. The summed E-state index contributed by atoms with van der Waals surface area (Å²) >= 11 is 0.0655. The van der Waals surface area contributed by atoms with Gasteiger partial charge in [0.05, 0.1) is 0 Å². The summed E-state index contributed by atoms with van der Waals surface area (Å²) in [5.74, 6) is 0. The van der Waals surface area contributed by atoms with Crippen molar-refractivity contribution < 1.29 is 0 Å². The monoisotopic (exact) mass is 284 g/mol. The van der Waals surface area contributed by atoms with E-state index in [0.717, 1.165) is 0 Å². The molecule has 0 aliphatic rings. The Morgan fingerprint density at radius 1 is 1.27 bits per heavy atom. The molecule has 0 nitrogen and oxygen atoms in total. The van der Waals surface area contributed by atoms with Gasteiger partial charge in [-0.15, -0.1) is 0 Å². The molecule has 0 fully saturated rings. The molecule has 0 saturated carbocycles. The van der Waals surface area contributed by atoms with Crippen molar-refractivity contribution in [1.29, 1.82) is 0 Å². The van der Waals surface area contributed by atoms with Gasteiger partial charge in [0.1, 0.15) is 0 Å². The summed E-state index contributed by atoms with van der Waals surface area (Å²) in [5, 5.41) is 0. The Hall–Kier alpha value is 0.566. The first-order valence-corrected chi connectivity index (χ1v) is 10.5. The van der Waals surface area contributed by atoms with Crippen LogP contribution >= 0.6 is 0 Å². The van der Waals surface area contributed by atoms with E-state index < -0.39 is 8.07 Å². The molecular weight excluding hydrogens is 264 g/mol. The summed E-state index contributed by atoms with van der Waals surface area (Å²) in [6.07, 6.45) is 2.72. The van der Waals surface area contributed by atoms with Crippen LogP contribution in [-0.2, 0) is 0 Å². The van der Waals surface area contributed by atoms with Crippen molar-refractivity contribution in [3.63, 3.8) is 0 Å². The van der Waals surface area contributed by atoms with Crippen LogP contribution < -0.4 is 0 Å². The minimum atomic E-state index is -1.05. The molecule has 0 aromatic heterocycles. The Labute approximate surface area is 82.2 Å². The third-order valence-corrected chi connectivity index (χ3v) is 4.64. The maximum atomic E-state index is 3.43. The Morgan fingerprint density at radius 2 is 1.91 bits per heavy atom. The molecule has 0 aromatic rings. The molecule has 0 aliphatic heterocycles. The van der Waals surface area contributed by atoms with Gasteiger partial charge in [0, 0.05) is 0 Å². The summed E-state index contributed by atoms with van der Waals surface area (Å²) in [6, 6.07) is 0. The predicted molar refractivity (Wildman–Crippen MR) is 56.6 cm³/mol. The summed E-state index contributed by atoms with van der Waals surface area (Å²) in [5.41, 5.74) is 3.43. The van der Waals surface area contributed by atoms with E-state index in [1.165, 1.54) is 17.3 Å². The molecule has 0 aromatic carbocycles. The van der Waals surface area contributed by atoms with Gasteiger partial charge in [-0.3, -0.25) is 0 Å². The van der Waals surface area contributed by atoms with Gasteiger partial charge in [0.2, 0.25) is 0 Å². The number of hydrogen-bond acceptors (Lipinski definition) is 0. The topological polar surface area (TPSA) is 0 Å². The van der Waals surface area contributed by atoms with Crippen LogP contribution in [0.15, 0.2) is 0 Å². The average molecular weight is 282 g/mol. The average Bonchev–Trinajstić information content (AvgIpc) is 1.85. The van der Waals surface area contributed by atoms with Gasteiger partial charge >= 0.3 is 82.4 Å². The molecule has 2 heteroatoms. The molecule has 11 heavy (non-hydrogen) atoms. The Balaban J connectivity index is 3.41. The molecule has 0 bridgehead atoms. The number of rotatable bonds is 3. The molecule has 0 radical (unpaired) electrons. The van der Waals surface area contributed by atoms with Crippen molar-refractivity contribution >= 4 is 29.0 Å². The van der Waals surface area contributed by atoms with Gasteiger partial charge in [-0.25, -0.2) is 0 Å². The van der Waals surface area contributed by atoms with Gasteiger partial charge in [0.15, 0.2) is 0 Å². The molecule has 0 aliphatic carbocycles. The van der Waals surface area contributed by atoms with E-state index in [1.54, 1.807) is 0 Å². The Morgan fingerprint density at radius 3 is 2.36 bits per heavy atom. The van der Waals surface area contributed by atoms with Crippen molar-refractivity contribution in [2.45, 2.75) is 43.9 Å². The molecule has 0 N–H and O–H groups in total. The molecule has 0 amide bonds. The zero-order valence-corrected chi connectivity index (χ0v) is 11.4. The second kappa shape index (κ2) is 6.12. The molecule has 0 heterocycles. The predicted octanol–water partition coefficient (Wildman–Crippen LogP) is 2.75. The van der Waals surface area contributed by atoms with Crippen LogP contribution in [-0.4, -0.2) is 29.0 Å². The Bertz CT molecular complexity index is 147. The molecular formula is C9H18SiTe. The molecule has 0 rings (SSSR count). The molecule has 0 spiro atoms. The van der Waals surface area contributed by atoms with Crippen LogP contribution in [0.4, 0.5) is 0 Å². The van der Waals surface area contributed by atoms with Gasteiger partial charge in [0.25, 0.3) is 0 Å². The van der Waals surface area contributed by atoms with Crippen LogP contribution in [0.1, 0.15) is 19.8 Å². The number of hydrogen-bond donors (Lipinski definition) is 0. The standard InChI is InChI=1S/C9H18SiTe/c1-5-6-8-11-9-7-10(2,3)4/h5-6,8H2,1-4H3. The van der Waals surface area contributed by atoms with E-state index in [1.807, 2.05) is 0 Å². The quantitative estimate of drug-likeness (QED) is 0.424. The first-order valence-electron chi connectivity index (χ1n) is 4.20. The molecule has 0 atom stereocenters. The zero-order chi connectivity index (χ0) is 8.74. The molecule has 64 valence electrons. The fourth-order valence-electron chi connectivity index (χ4n) is 0.457. The fraction of sp³-hybridized carbons (Fsp3) is 0.778. The molecule has 0 saturated heterocycles. The Kier molecular flexibility index (Phi) is 6.44. The van der Waals surface area contributed by atoms with Crippen LogP contribution in [0.25, 0.3) is 0 Å². The SMILES string of the molecule is CCCC[Te]C#C[Si](C)(C)C. The van der Waals surface area contributed by atoms with Crippen LogP contribution in [0.2, 0.25) is 24.1 Å². The second-order valence-corrected chi connectivity index (χ2v) is 11.0. The normalized spacial score (nSPS) is 10.5. The van der Waals surface area contributed by atoms with E-state index in [-0.39, 0.29) is 20.9 Å². The zero-order valence-electron chi connectivity index (χ0n) is 8.03. The van der Waals surface area contributed by atoms with E-state index in [9.17, 15) is 0 Å². The van der Waals surface area contributed by atoms with Crippen molar-refractivity contribution in [3.8, 4) is 9.51 Å². The number of unbranched alkanes of at least 4 members (excludes halogenated alkanes) is 1. The van der Waals surface area contributed by atoms with Crippen molar-refractivity contribution in [2.75, 3.05) is 0 Å². The minimum absolute atomic E-state index is 0.0655. The molecule has 0 unspecified atom stereocenters. The first kappa shape index (κ1) is 11.6. The maximum absolute atomic E-state index is 3.43. The summed E-state index contributed by atoms with van der Waals surface area (Å²) in [4.78, 5) is 0. The van der Waals surface area contributed by atoms with E-state index in [0.29, 0.717) is 0 Å². The third-order valence-electron chi connectivity index (χ3n) is 1.10. The van der Waals surface area contributed by atoms with Crippen LogP contribution in [0.5, 0.6) is 0 Å². The third kappa shape index (κ3) is 10.6. The first-order chi connectivity index (χ1) is 5.06. The second-order valence-electron chi connectivity index (χ2n) is 3.68. The summed E-state index contributed by atoms with van der Waals surface area (Å²) in [6.45, 7) is 9.19. The van der Waals surface area contributed by atoms with E-state index in [2.05, 4.69) is 36.1 Å². The van der Waals surface area contributed by atoms with Crippen LogP contribution in [0.3, 0.4) is 0 Å². The summed E-state index contributed by atoms with van der Waals surface area (Å²) in [7, 11) is -1.05. The van der Waals surface area contributed by atoms with Crippen LogP contribution in [0, 0.1) is 9.51 Å².